The number of allylic oxidation sites excluding steroid dienone is 4. The third-order valence-corrected chi connectivity index (χ3v) is 4.18. The molecule has 0 spiro atoms. The van der Waals surface area contributed by atoms with Crippen molar-refractivity contribution in [2.45, 2.75) is 37.5 Å². The van der Waals surface area contributed by atoms with Crippen LogP contribution in [0.5, 0.6) is 0 Å². The van der Waals surface area contributed by atoms with Crippen LogP contribution in [0.2, 0.25) is 0 Å². The molecule has 1 saturated carbocycles. The number of methoxy groups -OCH3 is 1. The Morgan fingerprint density at radius 1 is 1.47 bits per heavy atom. The van der Waals surface area contributed by atoms with Gasteiger partial charge in [-0.05, 0) is 19.3 Å². The summed E-state index contributed by atoms with van der Waals surface area (Å²) < 4.78 is 14.3. The van der Waals surface area contributed by atoms with E-state index in [4.69, 9.17) is 9.15 Å². The van der Waals surface area contributed by atoms with Gasteiger partial charge in [-0.2, -0.15) is 0 Å². The van der Waals surface area contributed by atoms with Crippen LogP contribution in [-0.4, -0.2) is 22.6 Å². The molecule has 0 atom stereocenters. The normalized spacial score (nSPS) is 19.0. The van der Waals surface area contributed by atoms with Crippen LogP contribution in [0.15, 0.2) is 22.3 Å². The van der Waals surface area contributed by atoms with Gasteiger partial charge in [-0.15, -0.1) is 10.2 Å². The molecular formula is C13H17N3O2S. The summed E-state index contributed by atoms with van der Waals surface area (Å²) in [5.74, 6) is 2.07. The highest BCUT2D eigenvalue weighted by molar-refractivity contribution is 7.98. The van der Waals surface area contributed by atoms with Crippen LogP contribution in [0, 0.1) is 0 Å². The maximum absolute atomic E-state index is 5.67. The van der Waals surface area contributed by atoms with Crippen LogP contribution in [0.1, 0.15) is 37.5 Å². The summed E-state index contributed by atoms with van der Waals surface area (Å²) in [6.45, 7) is 0.605. The van der Waals surface area contributed by atoms with Gasteiger partial charge in [0.25, 0.3) is 5.89 Å². The molecule has 19 heavy (non-hydrogen) atoms. The van der Waals surface area contributed by atoms with Gasteiger partial charge >= 0.3 is 0 Å². The Hall–Kier alpha value is -1.27. The predicted octanol–water partition coefficient (Wildman–Crippen LogP) is 2.68. The Bertz CT molecular complexity index is 506. The van der Waals surface area contributed by atoms with E-state index in [1.807, 2.05) is 6.08 Å². The molecule has 1 fully saturated rings. The second kappa shape index (κ2) is 5.79. The third-order valence-electron chi connectivity index (χ3n) is 3.06. The Morgan fingerprint density at radius 3 is 3.16 bits per heavy atom. The largest absolute Gasteiger partial charge is 0.500 e. The molecule has 1 aromatic heterocycles. The van der Waals surface area contributed by atoms with E-state index in [1.54, 1.807) is 19.1 Å². The molecule has 1 heterocycles. The lowest BCUT2D eigenvalue weighted by atomic mass is 10.1. The van der Waals surface area contributed by atoms with Crippen LogP contribution < -0.4 is 4.72 Å². The molecule has 2 aliphatic carbocycles. The highest BCUT2D eigenvalue weighted by Crippen LogP contribution is 2.32. The maximum atomic E-state index is 5.67. The average molecular weight is 279 g/mol. The number of hydrogen-bond donors (Lipinski definition) is 1. The first kappa shape index (κ1) is 12.7. The van der Waals surface area contributed by atoms with Gasteiger partial charge in [0.1, 0.15) is 5.76 Å². The SMILES string of the molecule is COC1=C(c2nnc(CNSC3CC3)o2)C=CCC1. The van der Waals surface area contributed by atoms with Gasteiger partial charge in [0, 0.05) is 11.7 Å². The minimum Gasteiger partial charge on any atom is -0.500 e. The minimum atomic E-state index is 0.543. The summed E-state index contributed by atoms with van der Waals surface area (Å²) >= 11 is 1.76. The van der Waals surface area contributed by atoms with Crippen molar-refractivity contribution >= 4 is 17.5 Å². The minimum absolute atomic E-state index is 0.543. The zero-order chi connectivity index (χ0) is 13.1. The summed E-state index contributed by atoms with van der Waals surface area (Å²) in [5, 5.41) is 8.93. The second-order valence-corrected chi connectivity index (χ2v) is 5.81. The standard InChI is InChI=1S/C13H17N3O2S/c1-17-11-5-3-2-4-10(11)13-16-15-12(18-13)8-14-19-9-6-7-9/h2,4,9,14H,3,5-8H2,1H3. The van der Waals surface area contributed by atoms with E-state index < -0.39 is 0 Å². The monoisotopic (exact) mass is 279 g/mol. The fraction of sp³-hybridized carbons (Fsp3) is 0.538. The molecule has 2 aliphatic rings. The predicted molar refractivity (Wildman–Crippen MR) is 74.1 cm³/mol. The molecule has 1 aromatic rings. The summed E-state index contributed by atoms with van der Waals surface area (Å²) in [4.78, 5) is 0. The molecule has 3 rings (SSSR count). The van der Waals surface area contributed by atoms with E-state index in [0.717, 1.165) is 29.4 Å². The Balaban J connectivity index is 1.65. The maximum Gasteiger partial charge on any atom is 0.251 e. The molecule has 0 unspecified atom stereocenters. The van der Waals surface area contributed by atoms with Gasteiger partial charge < -0.3 is 9.15 Å². The Kier molecular flexibility index (Phi) is 3.89. The van der Waals surface area contributed by atoms with Crippen molar-refractivity contribution in [3.05, 3.63) is 29.7 Å². The van der Waals surface area contributed by atoms with Crippen molar-refractivity contribution in [2.24, 2.45) is 0 Å². The first-order valence-electron chi connectivity index (χ1n) is 6.52. The van der Waals surface area contributed by atoms with Crippen molar-refractivity contribution in [1.29, 1.82) is 0 Å². The molecule has 102 valence electrons. The zero-order valence-corrected chi connectivity index (χ0v) is 11.7. The van der Waals surface area contributed by atoms with Crippen LogP contribution in [0.4, 0.5) is 0 Å². The lowest BCUT2D eigenvalue weighted by molar-refractivity contribution is 0.278. The topological polar surface area (TPSA) is 60.2 Å². The van der Waals surface area contributed by atoms with Gasteiger partial charge in [-0.1, -0.05) is 24.1 Å². The van der Waals surface area contributed by atoms with E-state index in [2.05, 4.69) is 21.0 Å². The van der Waals surface area contributed by atoms with Gasteiger partial charge in [-0.25, -0.2) is 0 Å². The second-order valence-electron chi connectivity index (χ2n) is 4.62. The molecule has 0 aliphatic heterocycles. The van der Waals surface area contributed by atoms with E-state index in [1.165, 1.54) is 12.8 Å². The van der Waals surface area contributed by atoms with E-state index in [-0.39, 0.29) is 0 Å². The van der Waals surface area contributed by atoms with Crippen molar-refractivity contribution in [3.8, 4) is 0 Å². The van der Waals surface area contributed by atoms with Crippen molar-refractivity contribution < 1.29 is 9.15 Å². The molecule has 0 aromatic carbocycles. The summed E-state index contributed by atoms with van der Waals surface area (Å²) in [6.07, 6.45) is 8.58. The van der Waals surface area contributed by atoms with Crippen molar-refractivity contribution in [2.75, 3.05) is 7.11 Å². The molecule has 0 saturated heterocycles. The fourth-order valence-corrected chi connectivity index (χ4v) is 2.70. The first-order chi connectivity index (χ1) is 9.36. The van der Waals surface area contributed by atoms with Gasteiger partial charge in [0.15, 0.2) is 0 Å². The fourth-order valence-electron chi connectivity index (χ4n) is 1.89. The number of ether oxygens (including phenoxy) is 1. The summed E-state index contributed by atoms with van der Waals surface area (Å²) in [6, 6.07) is 0. The lowest BCUT2D eigenvalue weighted by Gasteiger charge is -2.11. The van der Waals surface area contributed by atoms with E-state index in [9.17, 15) is 0 Å². The first-order valence-corrected chi connectivity index (χ1v) is 7.39. The zero-order valence-electron chi connectivity index (χ0n) is 10.9. The molecule has 0 radical (unpaired) electrons. The number of aromatic nitrogens is 2. The molecule has 0 amide bonds. The smallest absolute Gasteiger partial charge is 0.251 e. The highest BCUT2D eigenvalue weighted by Gasteiger charge is 2.22. The Morgan fingerprint density at radius 2 is 2.37 bits per heavy atom. The molecule has 0 bridgehead atoms. The van der Waals surface area contributed by atoms with Gasteiger partial charge in [0.2, 0.25) is 5.89 Å². The van der Waals surface area contributed by atoms with Crippen molar-refractivity contribution in [1.82, 2.24) is 14.9 Å². The highest BCUT2D eigenvalue weighted by atomic mass is 32.2. The van der Waals surface area contributed by atoms with E-state index >= 15 is 0 Å². The molecular weight excluding hydrogens is 262 g/mol. The number of hydrogen-bond acceptors (Lipinski definition) is 6. The number of nitrogens with zero attached hydrogens (tertiary/aromatic N) is 2. The molecule has 6 heteroatoms. The van der Waals surface area contributed by atoms with Crippen LogP contribution in [0.25, 0.3) is 5.57 Å². The van der Waals surface area contributed by atoms with Crippen molar-refractivity contribution in [3.63, 3.8) is 0 Å². The Labute approximate surface area is 116 Å². The third kappa shape index (κ3) is 3.19. The average Bonchev–Trinajstić information content (AvgIpc) is 3.15. The molecule has 5 nitrogen and oxygen atoms in total. The summed E-state index contributed by atoms with van der Waals surface area (Å²) in [5.41, 5.74) is 0.905. The number of rotatable bonds is 6. The van der Waals surface area contributed by atoms with Crippen LogP contribution in [-0.2, 0) is 11.3 Å². The van der Waals surface area contributed by atoms with E-state index in [0.29, 0.717) is 18.3 Å². The number of nitrogens with one attached hydrogen (secondary N) is 1. The molecule has 1 N–H and O–H groups in total. The summed E-state index contributed by atoms with van der Waals surface area (Å²) in [7, 11) is 1.68. The lowest BCUT2D eigenvalue weighted by Crippen LogP contribution is -2.04. The van der Waals surface area contributed by atoms with Gasteiger partial charge in [-0.3, -0.25) is 4.72 Å². The van der Waals surface area contributed by atoms with Gasteiger partial charge in [0.05, 0.1) is 19.2 Å². The van der Waals surface area contributed by atoms with Crippen LogP contribution in [0.3, 0.4) is 0 Å². The quantitative estimate of drug-likeness (QED) is 0.808. The van der Waals surface area contributed by atoms with Crippen LogP contribution >= 0.6 is 11.9 Å².